The maximum atomic E-state index is 6.19. The van der Waals surface area contributed by atoms with Crippen molar-refractivity contribution in [2.24, 2.45) is 0 Å². The Bertz CT molecular complexity index is 417. The molecule has 1 aliphatic carbocycles. The summed E-state index contributed by atoms with van der Waals surface area (Å²) in [5, 5.41) is 4.20. The molecule has 0 bridgehead atoms. The highest BCUT2D eigenvalue weighted by atomic mass is 35.5. The van der Waals surface area contributed by atoms with Gasteiger partial charge in [0.25, 0.3) is 0 Å². The number of aromatic nitrogens is 1. The Balaban J connectivity index is 1.71. The first-order valence-electron chi connectivity index (χ1n) is 6.54. The summed E-state index contributed by atoms with van der Waals surface area (Å²) in [5.74, 6) is 1.01. The van der Waals surface area contributed by atoms with Crippen LogP contribution in [0, 0.1) is 0 Å². The second-order valence-electron chi connectivity index (χ2n) is 4.85. The molecule has 5 heteroatoms. The van der Waals surface area contributed by atoms with E-state index in [1.807, 2.05) is 12.1 Å². The zero-order valence-electron chi connectivity index (χ0n) is 10.4. The van der Waals surface area contributed by atoms with Crippen molar-refractivity contribution < 1.29 is 4.74 Å². The molecule has 0 unspecified atom stereocenters. The predicted octanol–water partition coefficient (Wildman–Crippen LogP) is 1.82. The van der Waals surface area contributed by atoms with Crippen molar-refractivity contribution in [3.8, 4) is 0 Å². The van der Waals surface area contributed by atoms with Crippen LogP contribution >= 0.6 is 11.6 Å². The molecule has 4 nitrogen and oxygen atoms in total. The van der Waals surface area contributed by atoms with Crippen LogP contribution in [0.2, 0.25) is 5.02 Å². The molecule has 2 fully saturated rings. The standard InChI is InChI=1S/C13H18ClN3O/c14-11-3-4-13(17-5-7-18-8-6-17)16-12(11)9-15-10-1-2-10/h3-4,10,15H,1-2,5-9H2. The molecule has 1 saturated heterocycles. The lowest BCUT2D eigenvalue weighted by Crippen LogP contribution is -2.37. The maximum absolute atomic E-state index is 6.19. The number of rotatable bonds is 4. The summed E-state index contributed by atoms with van der Waals surface area (Å²) in [6, 6.07) is 4.62. The molecule has 2 aliphatic rings. The highest BCUT2D eigenvalue weighted by Crippen LogP contribution is 2.23. The summed E-state index contributed by atoms with van der Waals surface area (Å²) in [7, 11) is 0. The average molecular weight is 268 g/mol. The Morgan fingerprint density at radius 2 is 2.11 bits per heavy atom. The summed E-state index contributed by atoms with van der Waals surface area (Å²) in [6.45, 7) is 4.13. The number of hydrogen-bond donors (Lipinski definition) is 1. The minimum absolute atomic E-state index is 0.676. The highest BCUT2D eigenvalue weighted by Gasteiger charge is 2.21. The third kappa shape index (κ3) is 2.94. The number of anilines is 1. The van der Waals surface area contributed by atoms with Crippen LogP contribution in [0.5, 0.6) is 0 Å². The van der Waals surface area contributed by atoms with E-state index in [4.69, 9.17) is 16.3 Å². The number of nitrogens with one attached hydrogen (secondary N) is 1. The van der Waals surface area contributed by atoms with Gasteiger partial charge >= 0.3 is 0 Å². The first-order valence-corrected chi connectivity index (χ1v) is 6.92. The molecule has 1 N–H and O–H groups in total. The summed E-state index contributed by atoms with van der Waals surface area (Å²) in [5.41, 5.74) is 0.951. The number of nitrogens with zero attached hydrogens (tertiary/aromatic N) is 2. The number of ether oxygens (including phenoxy) is 1. The quantitative estimate of drug-likeness (QED) is 0.903. The number of morpholine rings is 1. The third-order valence-electron chi connectivity index (χ3n) is 3.37. The van der Waals surface area contributed by atoms with Crippen LogP contribution in [0.3, 0.4) is 0 Å². The van der Waals surface area contributed by atoms with Gasteiger partial charge in [0, 0.05) is 25.7 Å². The van der Waals surface area contributed by atoms with E-state index in [0.29, 0.717) is 6.04 Å². The lowest BCUT2D eigenvalue weighted by Gasteiger charge is -2.28. The minimum Gasteiger partial charge on any atom is -0.378 e. The second kappa shape index (κ2) is 5.43. The third-order valence-corrected chi connectivity index (χ3v) is 3.72. The van der Waals surface area contributed by atoms with Crippen LogP contribution in [0.4, 0.5) is 5.82 Å². The van der Waals surface area contributed by atoms with Crippen molar-refractivity contribution in [3.05, 3.63) is 22.8 Å². The number of halogens is 1. The predicted molar refractivity (Wildman–Crippen MR) is 72.1 cm³/mol. The van der Waals surface area contributed by atoms with Crippen LogP contribution in [0.25, 0.3) is 0 Å². The van der Waals surface area contributed by atoms with E-state index in [9.17, 15) is 0 Å². The van der Waals surface area contributed by atoms with Crippen LogP contribution in [0.15, 0.2) is 12.1 Å². The van der Waals surface area contributed by atoms with Gasteiger partial charge in [0.1, 0.15) is 5.82 Å². The Morgan fingerprint density at radius 3 is 2.83 bits per heavy atom. The van der Waals surface area contributed by atoms with Crippen molar-refractivity contribution in [1.82, 2.24) is 10.3 Å². The topological polar surface area (TPSA) is 37.4 Å². The van der Waals surface area contributed by atoms with E-state index in [1.165, 1.54) is 12.8 Å². The molecule has 0 spiro atoms. The molecule has 98 valence electrons. The van der Waals surface area contributed by atoms with Gasteiger partial charge < -0.3 is 15.0 Å². The lowest BCUT2D eigenvalue weighted by molar-refractivity contribution is 0.122. The summed E-state index contributed by atoms with van der Waals surface area (Å²) >= 11 is 6.19. The van der Waals surface area contributed by atoms with E-state index in [-0.39, 0.29) is 0 Å². The fourth-order valence-electron chi connectivity index (χ4n) is 2.09. The van der Waals surface area contributed by atoms with E-state index >= 15 is 0 Å². The fourth-order valence-corrected chi connectivity index (χ4v) is 2.27. The normalized spacial score (nSPS) is 20.2. The van der Waals surface area contributed by atoms with Crippen molar-refractivity contribution in [1.29, 1.82) is 0 Å². The number of hydrogen-bond acceptors (Lipinski definition) is 4. The van der Waals surface area contributed by atoms with Gasteiger partial charge in [-0.05, 0) is 25.0 Å². The number of pyridine rings is 1. The van der Waals surface area contributed by atoms with Gasteiger partial charge in [-0.1, -0.05) is 11.6 Å². The molecule has 0 atom stereocenters. The Kier molecular flexibility index (Phi) is 3.68. The summed E-state index contributed by atoms with van der Waals surface area (Å²) in [4.78, 5) is 6.92. The zero-order valence-corrected chi connectivity index (χ0v) is 11.1. The SMILES string of the molecule is Clc1ccc(N2CCOCC2)nc1CNC1CC1. The minimum atomic E-state index is 0.676. The maximum Gasteiger partial charge on any atom is 0.129 e. The molecule has 1 aromatic rings. The molecular formula is C13H18ClN3O. The van der Waals surface area contributed by atoms with Gasteiger partial charge in [-0.2, -0.15) is 0 Å². The average Bonchev–Trinajstić information content (AvgIpc) is 3.23. The monoisotopic (exact) mass is 267 g/mol. The lowest BCUT2D eigenvalue weighted by atomic mass is 10.3. The second-order valence-corrected chi connectivity index (χ2v) is 5.26. The van der Waals surface area contributed by atoms with E-state index in [2.05, 4.69) is 15.2 Å². The van der Waals surface area contributed by atoms with Gasteiger partial charge in [0.15, 0.2) is 0 Å². The summed E-state index contributed by atoms with van der Waals surface area (Å²) < 4.78 is 5.35. The first-order chi connectivity index (χ1) is 8.83. The van der Waals surface area contributed by atoms with Gasteiger partial charge in [0.05, 0.1) is 23.9 Å². The summed E-state index contributed by atoms with van der Waals surface area (Å²) in [6.07, 6.45) is 2.56. The molecule has 1 aromatic heterocycles. The van der Waals surface area contributed by atoms with Crippen LogP contribution in [-0.4, -0.2) is 37.3 Å². The van der Waals surface area contributed by atoms with Crippen LogP contribution < -0.4 is 10.2 Å². The molecule has 0 amide bonds. The molecule has 0 radical (unpaired) electrons. The van der Waals surface area contributed by atoms with E-state index in [0.717, 1.165) is 49.4 Å². The highest BCUT2D eigenvalue weighted by molar-refractivity contribution is 6.31. The van der Waals surface area contributed by atoms with Crippen molar-refractivity contribution in [2.45, 2.75) is 25.4 Å². The zero-order chi connectivity index (χ0) is 12.4. The largest absolute Gasteiger partial charge is 0.378 e. The molecule has 1 aliphatic heterocycles. The molecule has 18 heavy (non-hydrogen) atoms. The Labute approximate surface area is 112 Å². The van der Waals surface area contributed by atoms with Crippen molar-refractivity contribution in [2.75, 3.05) is 31.2 Å². The fraction of sp³-hybridized carbons (Fsp3) is 0.615. The van der Waals surface area contributed by atoms with Crippen molar-refractivity contribution in [3.63, 3.8) is 0 Å². The van der Waals surface area contributed by atoms with Crippen LogP contribution in [-0.2, 0) is 11.3 Å². The van der Waals surface area contributed by atoms with Crippen LogP contribution in [0.1, 0.15) is 18.5 Å². The molecular weight excluding hydrogens is 250 g/mol. The Hall–Kier alpha value is -0.840. The van der Waals surface area contributed by atoms with Gasteiger partial charge in [-0.15, -0.1) is 0 Å². The molecule has 1 saturated carbocycles. The first kappa shape index (κ1) is 12.2. The smallest absolute Gasteiger partial charge is 0.129 e. The van der Waals surface area contributed by atoms with Gasteiger partial charge in [-0.25, -0.2) is 4.98 Å². The van der Waals surface area contributed by atoms with Crippen molar-refractivity contribution >= 4 is 17.4 Å². The Morgan fingerprint density at radius 1 is 1.33 bits per heavy atom. The van der Waals surface area contributed by atoms with Gasteiger partial charge in [0.2, 0.25) is 0 Å². The van der Waals surface area contributed by atoms with Gasteiger partial charge in [-0.3, -0.25) is 0 Å². The van der Waals surface area contributed by atoms with E-state index < -0.39 is 0 Å². The molecule has 2 heterocycles. The molecule has 0 aromatic carbocycles. The molecule has 3 rings (SSSR count). The van der Waals surface area contributed by atoms with E-state index in [1.54, 1.807) is 0 Å².